The molecular formula is C16H13BrClF2N. The molecule has 21 heavy (non-hydrogen) atoms. The van der Waals surface area contributed by atoms with Crippen LogP contribution in [0.3, 0.4) is 0 Å². The van der Waals surface area contributed by atoms with E-state index in [9.17, 15) is 8.78 Å². The van der Waals surface area contributed by atoms with Gasteiger partial charge in [0, 0.05) is 15.5 Å². The summed E-state index contributed by atoms with van der Waals surface area (Å²) in [6.45, 7) is 0. The maximum absolute atomic E-state index is 13.8. The summed E-state index contributed by atoms with van der Waals surface area (Å²) in [5.41, 5.74) is 1.05. The van der Waals surface area contributed by atoms with E-state index >= 15 is 0 Å². The third-order valence-electron chi connectivity index (χ3n) is 3.84. The molecule has 2 aromatic rings. The lowest BCUT2D eigenvalue weighted by atomic mass is 9.75. The van der Waals surface area contributed by atoms with Crippen LogP contribution < -0.4 is 5.32 Å². The number of hydrogen-bond acceptors (Lipinski definition) is 1. The molecule has 0 amide bonds. The number of halogens is 4. The van der Waals surface area contributed by atoms with Crippen LogP contribution in [0.2, 0.25) is 5.02 Å². The van der Waals surface area contributed by atoms with Gasteiger partial charge in [-0.25, -0.2) is 8.78 Å². The Morgan fingerprint density at radius 2 is 1.71 bits per heavy atom. The molecule has 0 saturated heterocycles. The van der Waals surface area contributed by atoms with Gasteiger partial charge in [0.25, 0.3) is 0 Å². The van der Waals surface area contributed by atoms with Crippen LogP contribution in [0.1, 0.15) is 24.3 Å². The summed E-state index contributed by atoms with van der Waals surface area (Å²) in [7, 11) is 0. The first-order valence-corrected chi connectivity index (χ1v) is 7.87. The minimum Gasteiger partial charge on any atom is -0.378 e. The third kappa shape index (κ3) is 3.06. The lowest BCUT2D eigenvalue weighted by Gasteiger charge is -2.37. The average molecular weight is 373 g/mol. The fraction of sp³-hybridized carbons (Fsp3) is 0.250. The Morgan fingerprint density at radius 1 is 1.10 bits per heavy atom. The van der Waals surface area contributed by atoms with E-state index in [1.54, 1.807) is 0 Å². The van der Waals surface area contributed by atoms with Crippen LogP contribution in [0, 0.1) is 11.6 Å². The summed E-state index contributed by atoms with van der Waals surface area (Å²) in [6.07, 6.45) is 1.64. The fourth-order valence-electron chi connectivity index (χ4n) is 2.68. The lowest BCUT2D eigenvalue weighted by Crippen LogP contribution is -2.34. The molecule has 3 rings (SSSR count). The topological polar surface area (TPSA) is 12.0 Å². The zero-order valence-electron chi connectivity index (χ0n) is 11.0. The average Bonchev–Trinajstić information content (AvgIpc) is 2.37. The van der Waals surface area contributed by atoms with E-state index in [2.05, 4.69) is 21.2 Å². The summed E-state index contributed by atoms with van der Waals surface area (Å²) in [5.74, 6) is -0.816. The molecule has 1 nitrogen and oxygen atoms in total. The van der Waals surface area contributed by atoms with E-state index in [4.69, 9.17) is 11.6 Å². The molecule has 5 heteroatoms. The van der Waals surface area contributed by atoms with Gasteiger partial charge in [0.1, 0.15) is 17.3 Å². The molecular weight excluding hydrogens is 360 g/mol. The molecule has 0 unspecified atom stereocenters. The number of benzene rings is 2. The van der Waals surface area contributed by atoms with Gasteiger partial charge >= 0.3 is 0 Å². The highest BCUT2D eigenvalue weighted by molar-refractivity contribution is 9.10. The summed E-state index contributed by atoms with van der Waals surface area (Å²) in [5, 5.41) is 3.70. The van der Waals surface area contributed by atoms with E-state index in [1.807, 2.05) is 24.3 Å². The smallest absolute Gasteiger partial charge is 0.150 e. The second kappa shape index (κ2) is 5.93. The third-order valence-corrected chi connectivity index (χ3v) is 4.64. The van der Waals surface area contributed by atoms with E-state index in [1.165, 1.54) is 12.1 Å². The Balaban J connectivity index is 1.67. The zero-order valence-corrected chi connectivity index (χ0v) is 13.4. The van der Waals surface area contributed by atoms with Crippen molar-refractivity contribution in [3.05, 3.63) is 63.1 Å². The van der Waals surface area contributed by atoms with Crippen molar-refractivity contribution in [1.29, 1.82) is 0 Å². The van der Waals surface area contributed by atoms with Crippen LogP contribution in [0.5, 0.6) is 0 Å². The Hall–Kier alpha value is -1.13. The van der Waals surface area contributed by atoms with Crippen LogP contribution >= 0.6 is 27.5 Å². The van der Waals surface area contributed by atoms with E-state index in [0.717, 1.165) is 23.4 Å². The summed E-state index contributed by atoms with van der Waals surface area (Å²) < 4.78 is 27.9. The van der Waals surface area contributed by atoms with Gasteiger partial charge in [-0.05, 0) is 42.5 Å². The monoisotopic (exact) mass is 371 g/mol. The molecule has 0 bridgehead atoms. The van der Waals surface area contributed by atoms with Gasteiger partial charge in [0.05, 0.1) is 0 Å². The van der Waals surface area contributed by atoms with E-state index in [-0.39, 0.29) is 11.7 Å². The van der Waals surface area contributed by atoms with E-state index < -0.39 is 11.6 Å². The molecule has 1 N–H and O–H groups in total. The molecule has 0 spiro atoms. The standard InChI is InChI=1S/C16H13BrClF2N/c17-10-7-14(19)16(15(20)8-10)21-11-5-9(6-11)12-3-1-2-4-13(12)18/h1-4,7-9,11,21H,5-6H2. The second-order valence-corrected chi connectivity index (χ2v) is 6.60. The fourth-order valence-corrected chi connectivity index (χ4v) is 3.37. The van der Waals surface area contributed by atoms with Crippen molar-refractivity contribution >= 4 is 33.2 Å². The van der Waals surface area contributed by atoms with Crippen molar-refractivity contribution in [2.45, 2.75) is 24.8 Å². The van der Waals surface area contributed by atoms with Gasteiger partial charge in [-0.2, -0.15) is 0 Å². The van der Waals surface area contributed by atoms with Crippen molar-refractivity contribution in [1.82, 2.24) is 0 Å². The van der Waals surface area contributed by atoms with Crippen LogP contribution in [0.15, 0.2) is 40.9 Å². The summed E-state index contributed by atoms with van der Waals surface area (Å²) in [6, 6.07) is 10.3. The summed E-state index contributed by atoms with van der Waals surface area (Å²) >= 11 is 9.23. The number of anilines is 1. The first kappa shape index (κ1) is 14.8. The SMILES string of the molecule is Fc1cc(Br)cc(F)c1NC1CC(c2ccccc2Cl)C1. The molecule has 1 saturated carbocycles. The molecule has 110 valence electrons. The van der Waals surface area contributed by atoms with Gasteiger partial charge < -0.3 is 5.32 Å². The molecule has 0 radical (unpaired) electrons. The van der Waals surface area contributed by atoms with Crippen LogP contribution in [-0.2, 0) is 0 Å². The molecule has 1 aliphatic carbocycles. The predicted molar refractivity (Wildman–Crippen MR) is 84.9 cm³/mol. The Bertz CT molecular complexity index is 648. The highest BCUT2D eigenvalue weighted by atomic mass is 79.9. The second-order valence-electron chi connectivity index (χ2n) is 5.28. The first-order valence-electron chi connectivity index (χ1n) is 6.70. The minimum atomic E-state index is -0.580. The van der Waals surface area contributed by atoms with Gasteiger partial charge in [-0.1, -0.05) is 45.7 Å². The predicted octanol–water partition coefficient (Wildman–Crippen LogP) is 5.74. The molecule has 1 aliphatic rings. The van der Waals surface area contributed by atoms with Gasteiger partial charge in [0.15, 0.2) is 0 Å². The number of nitrogens with one attached hydrogen (secondary N) is 1. The normalized spacial score (nSPS) is 21.0. The Kier molecular flexibility index (Phi) is 4.18. The van der Waals surface area contributed by atoms with Gasteiger partial charge in [0.2, 0.25) is 0 Å². The highest BCUT2D eigenvalue weighted by Crippen LogP contribution is 2.41. The molecule has 1 fully saturated rings. The lowest BCUT2D eigenvalue weighted by molar-refractivity contribution is 0.371. The number of hydrogen-bond donors (Lipinski definition) is 1. The summed E-state index contributed by atoms with van der Waals surface area (Å²) in [4.78, 5) is 0. The number of rotatable bonds is 3. The van der Waals surface area contributed by atoms with Gasteiger partial charge in [-0.15, -0.1) is 0 Å². The van der Waals surface area contributed by atoms with Crippen molar-refractivity contribution in [2.24, 2.45) is 0 Å². The van der Waals surface area contributed by atoms with Crippen LogP contribution in [-0.4, -0.2) is 6.04 Å². The first-order chi connectivity index (χ1) is 10.0. The van der Waals surface area contributed by atoms with E-state index in [0.29, 0.717) is 10.4 Å². The van der Waals surface area contributed by atoms with Crippen molar-refractivity contribution in [2.75, 3.05) is 5.32 Å². The van der Waals surface area contributed by atoms with Crippen molar-refractivity contribution in [3.63, 3.8) is 0 Å². The zero-order chi connectivity index (χ0) is 15.0. The van der Waals surface area contributed by atoms with Crippen LogP contribution in [0.25, 0.3) is 0 Å². The largest absolute Gasteiger partial charge is 0.378 e. The Labute approximate surface area is 135 Å². The highest BCUT2D eigenvalue weighted by Gasteiger charge is 2.32. The quantitative estimate of drug-likeness (QED) is 0.724. The maximum Gasteiger partial charge on any atom is 0.150 e. The molecule has 0 aromatic heterocycles. The molecule has 2 aromatic carbocycles. The minimum absolute atomic E-state index is 0.0548. The molecule has 0 heterocycles. The van der Waals surface area contributed by atoms with Crippen molar-refractivity contribution < 1.29 is 8.78 Å². The van der Waals surface area contributed by atoms with Crippen LogP contribution in [0.4, 0.5) is 14.5 Å². The Morgan fingerprint density at radius 3 is 2.33 bits per heavy atom. The molecule has 0 atom stereocenters. The maximum atomic E-state index is 13.8. The van der Waals surface area contributed by atoms with Gasteiger partial charge in [-0.3, -0.25) is 0 Å². The molecule has 0 aliphatic heterocycles. The van der Waals surface area contributed by atoms with Crippen molar-refractivity contribution in [3.8, 4) is 0 Å².